The molecule has 1 N–H and O–H groups in total. The van der Waals surface area contributed by atoms with E-state index < -0.39 is 11.4 Å². The molecule has 1 aromatic carbocycles. The van der Waals surface area contributed by atoms with Crippen molar-refractivity contribution in [2.24, 2.45) is 11.3 Å². The molecule has 0 saturated heterocycles. The maximum Gasteiger partial charge on any atom is 0.336 e. The molecule has 0 fully saturated rings. The maximum absolute atomic E-state index is 12.8. The number of aliphatic carboxylic acids is 1. The van der Waals surface area contributed by atoms with Crippen molar-refractivity contribution in [2.45, 2.75) is 53.9 Å². The van der Waals surface area contributed by atoms with Crippen LogP contribution in [0.15, 0.2) is 58.9 Å². The molecule has 6 heteroatoms. The molecule has 0 heterocycles. The molecule has 186 valence electrons. The molecule has 2 rings (SSSR count). The van der Waals surface area contributed by atoms with Gasteiger partial charge in [0.1, 0.15) is 11.5 Å². The largest absolute Gasteiger partial charge is 0.500 e. The van der Waals surface area contributed by atoms with E-state index in [0.29, 0.717) is 23.5 Å². The lowest BCUT2D eigenvalue weighted by Crippen LogP contribution is -2.33. The first kappa shape index (κ1) is 27.8. The van der Waals surface area contributed by atoms with Gasteiger partial charge in [-0.1, -0.05) is 45.3 Å². The minimum Gasteiger partial charge on any atom is -0.500 e. The number of ether oxygens (including phenoxy) is 2. The molecule has 1 aliphatic carbocycles. The number of benzene rings is 1. The maximum atomic E-state index is 12.8. The fourth-order valence-corrected chi connectivity index (χ4v) is 5.03. The molecule has 1 unspecified atom stereocenters. The molecule has 0 bridgehead atoms. The third-order valence-corrected chi connectivity index (χ3v) is 7.58. The van der Waals surface area contributed by atoms with Gasteiger partial charge in [0.2, 0.25) is 0 Å². The lowest BCUT2D eigenvalue weighted by atomic mass is 9.66. The highest BCUT2D eigenvalue weighted by Crippen LogP contribution is 2.48. The molecular weight excluding hydrogens is 448 g/mol. The fourth-order valence-electron chi connectivity index (χ4n) is 4.22. The van der Waals surface area contributed by atoms with Gasteiger partial charge >= 0.3 is 5.97 Å². The number of rotatable bonds is 13. The molecule has 0 radical (unpaired) electrons. The van der Waals surface area contributed by atoms with Gasteiger partial charge in [0, 0.05) is 22.8 Å². The third kappa shape index (κ3) is 6.78. The number of unbranched alkanes of at least 4 members (excludes halogenated alkanes) is 2. The van der Waals surface area contributed by atoms with Crippen molar-refractivity contribution in [2.75, 3.05) is 25.2 Å². The van der Waals surface area contributed by atoms with Gasteiger partial charge in [-0.15, -0.1) is 0 Å². The smallest absolute Gasteiger partial charge is 0.336 e. The Morgan fingerprint density at radius 1 is 1.12 bits per heavy atom. The van der Waals surface area contributed by atoms with Crippen LogP contribution in [-0.4, -0.2) is 42.1 Å². The molecular formula is C28H38O5S. The van der Waals surface area contributed by atoms with Crippen LogP contribution in [0.2, 0.25) is 0 Å². The van der Waals surface area contributed by atoms with Crippen LogP contribution in [0.3, 0.4) is 0 Å². The Balaban J connectivity index is 2.04. The molecule has 1 aromatic rings. The third-order valence-electron chi connectivity index (χ3n) is 6.55. The quantitative estimate of drug-likeness (QED) is 0.190. The van der Waals surface area contributed by atoms with E-state index in [4.69, 9.17) is 9.47 Å². The van der Waals surface area contributed by atoms with E-state index in [9.17, 15) is 14.7 Å². The summed E-state index contributed by atoms with van der Waals surface area (Å²) < 4.78 is 11.4. The van der Waals surface area contributed by atoms with E-state index in [1.54, 1.807) is 32.2 Å². The molecule has 0 spiro atoms. The highest BCUT2D eigenvalue weighted by atomic mass is 32.2. The molecule has 0 saturated carbocycles. The summed E-state index contributed by atoms with van der Waals surface area (Å²) in [5.74, 6) is 2.12. The molecule has 0 aromatic heterocycles. The normalized spacial score (nSPS) is 17.9. The second kappa shape index (κ2) is 12.8. The summed E-state index contributed by atoms with van der Waals surface area (Å²) in [4.78, 5) is 24.6. The number of methoxy groups -OCH3 is 1. The SMILES string of the molecule is CCCCCSCCOc1ccc(C(=O)C=CC2C(OC)=C(C)C(C(=O)O)=C(C)C2(C)C)cc1. The van der Waals surface area contributed by atoms with Crippen LogP contribution in [0.5, 0.6) is 5.75 Å². The van der Waals surface area contributed by atoms with Gasteiger partial charge in [-0.3, -0.25) is 4.79 Å². The zero-order valence-electron chi connectivity index (χ0n) is 21.3. The lowest BCUT2D eigenvalue weighted by Gasteiger charge is -2.40. The number of hydrogen-bond acceptors (Lipinski definition) is 5. The van der Waals surface area contributed by atoms with Gasteiger partial charge in [-0.25, -0.2) is 4.79 Å². The summed E-state index contributed by atoms with van der Waals surface area (Å²) in [6.07, 6.45) is 7.15. The van der Waals surface area contributed by atoms with E-state index >= 15 is 0 Å². The van der Waals surface area contributed by atoms with E-state index in [0.717, 1.165) is 17.1 Å². The highest BCUT2D eigenvalue weighted by Gasteiger charge is 2.41. The molecule has 1 aliphatic rings. The second-order valence-electron chi connectivity index (χ2n) is 9.11. The number of ketones is 1. The van der Waals surface area contributed by atoms with Gasteiger partial charge in [0.05, 0.1) is 19.3 Å². The van der Waals surface area contributed by atoms with E-state index in [2.05, 4.69) is 6.92 Å². The molecule has 5 nitrogen and oxygen atoms in total. The first-order valence-electron chi connectivity index (χ1n) is 11.9. The fraction of sp³-hybridized carbons (Fsp3) is 0.500. The highest BCUT2D eigenvalue weighted by molar-refractivity contribution is 7.99. The van der Waals surface area contributed by atoms with Crippen LogP contribution in [0.4, 0.5) is 0 Å². The summed E-state index contributed by atoms with van der Waals surface area (Å²) >= 11 is 1.91. The van der Waals surface area contributed by atoms with Gasteiger partial charge < -0.3 is 14.6 Å². The van der Waals surface area contributed by atoms with Gasteiger partial charge in [0.25, 0.3) is 0 Å². The van der Waals surface area contributed by atoms with Gasteiger partial charge in [-0.05, 0) is 61.8 Å². The number of carboxylic acid groups (broad SMARTS) is 1. The van der Waals surface area contributed by atoms with Crippen molar-refractivity contribution < 1.29 is 24.2 Å². The topological polar surface area (TPSA) is 72.8 Å². The van der Waals surface area contributed by atoms with Crippen molar-refractivity contribution in [1.29, 1.82) is 0 Å². The van der Waals surface area contributed by atoms with Gasteiger partial charge in [0.15, 0.2) is 5.78 Å². The van der Waals surface area contributed by atoms with Gasteiger partial charge in [-0.2, -0.15) is 11.8 Å². The summed E-state index contributed by atoms with van der Waals surface area (Å²) in [5.41, 5.74) is 1.71. The number of thioether (sulfide) groups is 1. The van der Waals surface area contributed by atoms with E-state index in [1.165, 1.54) is 25.0 Å². The van der Waals surface area contributed by atoms with Crippen LogP contribution in [0.25, 0.3) is 0 Å². The number of carboxylic acids is 1. The van der Waals surface area contributed by atoms with Crippen LogP contribution in [-0.2, 0) is 9.53 Å². The molecule has 0 aliphatic heterocycles. The lowest BCUT2D eigenvalue weighted by molar-refractivity contribution is -0.132. The first-order valence-corrected chi connectivity index (χ1v) is 13.0. The van der Waals surface area contributed by atoms with Crippen molar-refractivity contribution >= 4 is 23.5 Å². The van der Waals surface area contributed by atoms with Crippen molar-refractivity contribution in [3.8, 4) is 5.75 Å². The molecule has 0 amide bonds. The summed E-state index contributed by atoms with van der Waals surface area (Å²) in [6, 6.07) is 7.19. The average Bonchev–Trinajstić information content (AvgIpc) is 2.80. The Hall–Kier alpha value is -2.47. The van der Waals surface area contributed by atoms with Crippen molar-refractivity contribution in [3.05, 3.63) is 64.5 Å². The summed E-state index contributed by atoms with van der Waals surface area (Å²) in [6.45, 7) is 10.4. The standard InChI is InChI=1S/C28H38O5S/c1-7-8-9-17-34-18-16-33-22-12-10-21(11-13-22)24(29)15-14-23-26(32-6)19(2)25(27(30)31)20(3)28(23,4)5/h10-15,23H,7-9,16-18H2,1-6H3,(H,30,31). The molecule has 1 atom stereocenters. The number of carbonyl (C=O) groups excluding carboxylic acids is 1. The number of hydrogen-bond donors (Lipinski definition) is 1. The Bertz CT molecular complexity index is 954. The summed E-state index contributed by atoms with van der Waals surface area (Å²) in [7, 11) is 1.54. The zero-order valence-corrected chi connectivity index (χ0v) is 22.1. The number of allylic oxidation sites excluding steroid dienone is 3. The first-order chi connectivity index (χ1) is 16.1. The molecule has 34 heavy (non-hydrogen) atoms. The Labute approximate surface area is 208 Å². The number of carbonyl (C=O) groups is 2. The minimum absolute atomic E-state index is 0.118. The van der Waals surface area contributed by atoms with Crippen LogP contribution < -0.4 is 4.74 Å². The van der Waals surface area contributed by atoms with E-state index in [1.807, 2.05) is 50.7 Å². The van der Waals surface area contributed by atoms with Crippen LogP contribution >= 0.6 is 11.8 Å². The minimum atomic E-state index is -0.964. The van der Waals surface area contributed by atoms with Crippen molar-refractivity contribution in [3.63, 3.8) is 0 Å². The predicted octanol–water partition coefficient (Wildman–Crippen LogP) is 6.71. The second-order valence-corrected chi connectivity index (χ2v) is 10.3. The van der Waals surface area contributed by atoms with Crippen LogP contribution in [0, 0.1) is 11.3 Å². The predicted molar refractivity (Wildman–Crippen MR) is 140 cm³/mol. The zero-order chi connectivity index (χ0) is 25.3. The van der Waals surface area contributed by atoms with Crippen molar-refractivity contribution in [1.82, 2.24) is 0 Å². The monoisotopic (exact) mass is 486 g/mol. The van der Waals surface area contributed by atoms with Crippen LogP contribution in [0.1, 0.15) is 64.2 Å². The Morgan fingerprint density at radius 2 is 1.79 bits per heavy atom. The summed E-state index contributed by atoms with van der Waals surface area (Å²) in [5, 5.41) is 9.68. The Morgan fingerprint density at radius 3 is 2.38 bits per heavy atom. The Kier molecular flexibility index (Phi) is 10.5. The van der Waals surface area contributed by atoms with E-state index in [-0.39, 0.29) is 17.3 Å². The average molecular weight is 487 g/mol.